The first-order valence-corrected chi connectivity index (χ1v) is 10.0. The molecule has 0 radical (unpaired) electrons. The number of nitrogens with zero attached hydrogens (tertiary/aromatic N) is 3. The smallest absolute Gasteiger partial charge is 0.251 e. The lowest BCUT2D eigenvalue weighted by molar-refractivity contribution is 0.0955. The van der Waals surface area contributed by atoms with Gasteiger partial charge >= 0.3 is 0 Å². The Morgan fingerprint density at radius 2 is 1.81 bits per heavy atom. The van der Waals surface area contributed by atoms with Crippen LogP contribution in [0.3, 0.4) is 0 Å². The molecule has 0 bridgehead atoms. The Balaban J connectivity index is 0.00000341. The highest BCUT2D eigenvalue weighted by Gasteiger charge is 2.22. The maximum Gasteiger partial charge on any atom is 0.251 e. The fraction of sp³-hybridized carbons (Fsp3) is 0.364. The number of anilines is 1. The summed E-state index contributed by atoms with van der Waals surface area (Å²) in [5, 5.41) is 6.12. The third-order valence-electron chi connectivity index (χ3n) is 5.02. The lowest BCUT2D eigenvalue weighted by Gasteiger charge is -2.37. The summed E-state index contributed by atoms with van der Waals surface area (Å²) in [6.07, 6.45) is 0. The molecule has 0 unspecified atom stereocenters. The van der Waals surface area contributed by atoms with E-state index in [1.807, 2.05) is 30.0 Å². The van der Waals surface area contributed by atoms with E-state index in [0.717, 1.165) is 23.7 Å². The number of carbonyl (C=O) groups excluding carboxylic acids is 1. The van der Waals surface area contributed by atoms with Gasteiger partial charge in [-0.05, 0) is 36.8 Å². The molecule has 2 aromatic rings. The Bertz CT molecular complexity index is 917. The fourth-order valence-electron chi connectivity index (χ4n) is 3.49. The molecule has 1 amide bonds. The van der Waals surface area contributed by atoms with Crippen molar-refractivity contribution < 1.29 is 13.6 Å². The van der Waals surface area contributed by atoms with Crippen molar-refractivity contribution in [2.45, 2.75) is 13.5 Å². The van der Waals surface area contributed by atoms with E-state index < -0.39 is 11.6 Å². The van der Waals surface area contributed by atoms with Crippen LogP contribution < -0.4 is 15.5 Å². The van der Waals surface area contributed by atoms with E-state index in [-0.39, 0.29) is 29.9 Å². The quantitative estimate of drug-likeness (QED) is 0.346. The van der Waals surface area contributed by atoms with Gasteiger partial charge in [-0.25, -0.2) is 8.78 Å². The van der Waals surface area contributed by atoms with Crippen LogP contribution in [0.15, 0.2) is 47.5 Å². The van der Waals surface area contributed by atoms with Crippen LogP contribution in [0.2, 0.25) is 0 Å². The molecular formula is C22H28F2IN5O. The van der Waals surface area contributed by atoms with Gasteiger partial charge < -0.3 is 20.4 Å². The molecule has 0 aromatic heterocycles. The second-order valence-corrected chi connectivity index (χ2v) is 7.03. The summed E-state index contributed by atoms with van der Waals surface area (Å²) in [6.45, 7) is 5.39. The molecule has 6 nitrogen and oxygen atoms in total. The summed E-state index contributed by atoms with van der Waals surface area (Å²) in [5.74, 6) is -0.220. The molecule has 0 atom stereocenters. The molecule has 2 aromatic carbocycles. The number of rotatable bonds is 5. The van der Waals surface area contributed by atoms with Gasteiger partial charge in [-0.3, -0.25) is 9.79 Å². The normalized spacial score (nSPS) is 14.1. The van der Waals surface area contributed by atoms with E-state index in [9.17, 15) is 13.6 Å². The molecule has 3 rings (SSSR count). The molecule has 0 aliphatic carbocycles. The summed E-state index contributed by atoms with van der Waals surface area (Å²) in [7, 11) is 1.71. The molecule has 0 saturated carbocycles. The molecule has 31 heavy (non-hydrogen) atoms. The lowest BCUT2D eigenvalue weighted by Crippen LogP contribution is -2.52. The van der Waals surface area contributed by atoms with Crippen LogP contribution in [0, 0.1) is 11.6 Å². The highest BCUT2D eigenvalue weighted by molar-refractivity contribution is 14.0. The third kappa shape index (κ3) is 6.52. The highest BCUT2D eigenvalue weighted by atomic mass is 127. The van der Waals surface area contributed by atoms with Crippen molar-refractivity contribution in [3.63, 3.8) is 0 Å². The standard InChI is InChI=1S/C22H27F2N5O.HI/c1-3-26-21(30)17-6-4-5-16(13-17)15-27-22(25-2)29-11-9-28(10-12-29)20-14-18(23)7-8-19(20)24;/h4-8,13-14H,3,9-12,15H2,1-2H3,(H,25,27)(H,26,30);1H. The number of carbonyl (C=O) groups is 1. The van der Waals surface area contributed by atoms with Crippen molar-refractivity contribution in [1.29, 1.82) is 0 Å². The van der Waals surface area contributed by atoms with Crippen LogP contribution in [0.25, 0.3) is 0 Å². The van der Waals surface area contributed by atoms with Crippen molar-refractivity contribution in [3.05, 3.63) is 65.2 Å². The van der Waals surface area contributed by atoms with Gasteiger partial charge in [-0.2, -0.15) is 0 Å². The van der Waals surface area contributed by atoms with Gasteiger partial charge in [-0.15, -0.1) is 24.0 Å². The van der Waals surface area contributed by atoms with Crippen LogP contribution >= 0.6 is 24.0 Å². The number of guanidine groups is 1. The minimum Gasteiger partial charge on any atom is -0.366 e. The first kappa shape index (κ1) is 24.8. The second-order valence-electron chi connectivity index (χ2n) is 7.03. The van der Waals surface area contributed by atoms with Crippen molar-refractivity contribution in [2.75, 3.05) is 44.7 Å². The first-order valence-electron chi connectivity index (χ1n) is 10.0. The van der Waals surface area contributed by atoms with Gasteiger partial charge in [-0.1, -0.05) is 12.1 Å². The number of aliphatic imine (C=N–C) groups is 1. The molecule has 1 aliphatic heterocycles. The van der Waals surface area contributed by atoms with Gasteiger partial charge in [0.2, 0.25) is 0 Å². The van der Waals surface area contributed by atoms with Crippen LogP contribution in [0.4, 0.5) is 14.5 Å². The number of hydrogen-bond donors (Lipinski definition) is 2. The highest BCUT2D eigenvalue weighted by Crippen LogP contribution is 2.22. The van der Waals surface area contributed by atoms with Gasteiger partial charge in [0.05, 0.1) is 5.69 Å². The molecule has 1 heterocycles. The van der Waals surface area contributed by atoms with Crippen molar-refractivity contribution >= 4 is 41.5 Å². The Kier molecular flexibility index (Phi) is 9.47. The summed E-state index contributed by atoms with van der Waals surface area (Å²) in [4.78, 5) is 20.3. The maximum atomic E-state index is 14.0. The Morgan fingerprint density at radius 1 is 1.06 bits per heavy atom. The second kappa shape index (κ2) is 11.8. The number of amides is 1. The van der Waals surface area contributed by atoms with E-state index in [1.165, 1.54) is 6.07 Å². The Hall–Kier alpha value is -2.43. The molecule has 0 spiro atoms. The van der Waals surface area contributed by atoms with E-state index in [4.69, 9.17) is 0 Å². The SMILES string of the molecule is CCNC(=O)c1cccc(CNC(=NC)N2CCN(c3cc(F)ccc3F)CC2)c1.I. The molecule has 168 valence electrons. The number of benzene rings is 2. The molecule has 1 aliphatic rings. The average Bonchev–Trinajstić information content (AvgIpc) is 2.77. The molecule has 1 saturated heterocycles. The van der Waals surface area contributed by atoms with E-state index in [2.05, 4.69) is 20.5 Å². The van der Waals surface area contributed by atoms with Crippen LogP contribution in [-0.2, 0) is 6.54 Å². The maximum absolute atomic E-state index is 14.0. The molecule has 9 heteroatoms. The predicted molar refractivity (Wildman–Crippen MR) is 130 cm³/mol. The molecule has 2 N–H and O–H groups in total. The minimum atomic E-state index is -0.443. The largest absolute Gasteiger partial charge is 0.366 e. The van der Waals surface area contributed by atoms with Crippen LogP contribution in [-0.4, -0.2) is 56.5 Å². The summed E-state index contributed by atoms with van der Waals surface area (Å²) in [6, 6.07) is 11.0. The van der Waals surface area contributed by atoms with Gasteiger partial charge in [0, 0.05) is 57.9 Å². The third-order valence-corrected chi connectivity index (χ3v) is 5.02. The zero-order valence-electron chi connectivity index (χ0n) is 17.7. The minimum absolute atomic E-state index is 0. The zero-order chi connectivity index (χ0) is 21.5. The summed E-state index contributed by atoms with van der Waals surface area (Å²) >= 11 is 0. The van der Waals surface area contributed by atoms with E-state index in [1.54, 1.807) is 13.1 Å². The zero-order valence-corrected chi connectivity index (χ0v) is 20.0. The fourth-order valence-corrected chi connectivity index (χ4v) is 3.49. The topological polar surface area (TPSA) is 60.0 Å². The Labute approximate surface area is 198 Å². The Morgan fingerprint density at radius 3 is 2.48 bits per heavy atom. The van der Waals surface area contributed by atoms with Gasteiger partial charge in [0.25, 0.3) is 5.91 Å². The molecular weight excluding hydrogens is 515 g/mol. The van der Waals surface area contributed by atoms with Gasteiger partial charge in [0.1, 0.15) is 11.6 Å². The molecule has 1 fully saturated rings. The lowest BCUT2D eigenvalue weighted by atomic mass is 10.1. The van der Waals surface area contributed by atoms with Crippen LogP contribution in [0.5, 0.6) is 0 Å². The summed E-state index contributed by atoms with van der Waals surface area (Å²) in [5.41, 5.74) is 1.89. The summed E-state index contributed by atoms with van der Waals surface area (Å²) < 4.78 is 27.5. The number of halogens is 3. The monoisotopic (exact) mass is 543 g/mol. The van der Waals surface area contributed by atoms with Crippen molar-refractivity contribution in [2.24, 2.45) is 4.99 Å². The van der Waals surface area contributed by atoms with E-state index >= 15 is 0 Å². The number of hydrogen-bond acceptors (Lipinski definition) is 3. The van der Waals surface area contributed by atoms with Crippen molar-refractivity contribution in [3.8, 4) is 0 Å². The van der Waals surface area contributed by atoms with Crippen molar-refractivity contribution in [1.82, 2.24) is 15.5 Å². The van der Waals surface area contributed by atoms with Crippen LogP contribution in [0.1, 0.15) is 22.8 Å². The average molecular weight is 543 g/mol. The van der Waals surface area contributed by atoms with E-state index in [0.29, 0.717) is 50.5 Å². The number of piperazine rings is 1. The predicted octanol–water partition coefficient (Wildman–Crippen LogP) is 3.23. The number of nitrogens with one attached hydrogen (secondary N) is 2. The van der Waals surface area contributed by atoms with Gasteiger partial charge in [0.15, 0.2) is 5.96 Å². The first-order chi connectivity index (χ1) is 14.5.